The number of carbonyl (C=O) groups excluding carboxylic acids is 3. The summed E-state index contributed by atoms with van der Waals surface area (Å²) in [5, 5.41) is 15.6. The van der Waals surface area contributed by atoms with Gasteiger partial charge >= 0.3 is 5.97 Å². The maximum atomic E-state index is 13.5. The van der Waals surface area contributed by atoms with Crippen LogP contribution in [0, 0.1) is 15.9 Å². The van der Waals surface area contributed by atoms with Crippen LogP contribution in [0.25, 0.3) is 0 Å². The van der Waals surface area contributed by atoms with Crippen molar-refractivity contribution in [1.29, 1.82) is 0 Å². The molecule has 1 heterocycles. The lowest BCUT2D eigenvalue weighted by Crippen LogP contribution is -2.29. The van der Waals surface area contributed by atoms with Crippen LogP contribution in [0.4, 0.5) is 27.1 Å². The van der Waals surface area contributed by atoms with Gasteiger partial charge in [0.2, 0.25) is 5.91 Å². The zero-order valence-electron chi connectivity index (χ0n) is 22.3. The summed E-state index contributed by atoms with van der Waals surface area (Å²) in [6.07, 6.45) is 0. The number of aliphatic imine (C=N–C) groups is 1. The average molecular weight is 594 g/mol. The third kappa shape index (κ3) is 6.72. The molecule has 0 saturated heterocycles. The summed E-state index contributed by atoms with van der Waals surface area (Å²) in [4.78, 5) is 54.0. The number of nitrogens with one attached hydrogen (secondary N) is 2. The van der Waals surface area contributed by atoms with Crippen molar-refractivity contribution in [2.75, 3.05) is 24.4 Å². The number of nitrogens with two attached hydrogens (primary N) is 1. The number of ether oxygens (including phenoxy) is 2. The SMILES string of the molecule is CCOC(=O)c1ccc(NC(=O)C2=C(N)C(C(=O)Nc3ccc(OC)cc3[N+](=O)[O-])SC2=Nc2ccc(F)cc2)cc1. The largest absolute Gasteiger partial charge is 0.496 e. The number of nitro benzene ring substituents is 1. The molecule has 0 fully saturated rings. The molecule has 0 aromatic heterocycles. The molecule has 0 radical (unpaired) electrons. The Hall–Kier alpha value is -5.24. The van der Waals surface area contributed by atoms with Gasteiger partial charge in [0.1, 0.15) is 27.5 Å². The number of nitrogens with zero attached hydrogens (tertiary/aromatic N) is 2. The minimum Gasteiger partial charge on any atom is -0.496 e. The number of esters is 1. The first-order chi connectivity index (χ1) is 20.1. The van der Waals surface area contributed by atoms with Crippen molar-refractivity contribution >= 4 is 57.3 Å². The van der Waals surface area contributed by atoms with Crippen LogP contribution >= 0.6 is 11.8 Å². The molecule has 1 aliphatic heterocycles. The summed E-state index contributed by atoms with van der Waals surface area (Å²) in [6, 6.07) is 15.0. The first kappa shape index (κ1) is 29.7. The number of halogens is 1. The number of amides is 2. The van der Waals surface area contributed by atoms with Crippen LogP contribution < -0.4 is 21.1 Å². The van der Waals surface area contributed by atoms with Gasteiger partial charge in [-0.25, -0.2) is 14.2 Å². The maximum absolute atomic E-state index is 13.5. The van der Waals surface area contributed by atoms with E-state index in [2.05, 4.69) is 15.6 Å². The van der Waals surface area contributed by atoms with Crippen molar-refractivity contribution in [3.05, 3.63) is 99.5 Å². The number of carbonyl (C=O) groups is 3. The standard InChI is InChI=1S/C28H24FN5O7S/c1-3-41-28(37)15-4-8-17(9-5-15)31-25(35)22-23(30)24(42-27(22)32-18-10-6-16(29)7-11-18)26(36)33-20-13-12-19(40-2)14-21(20)34(38)39/h4-14,24H,3,30H2,1-2H3,(H,31,35)(H,33,36). The number of rotatable bonds is 9. The second-order valence-corrected chi connectivity index (χ2v) is 9.70. The van der Waals surface area contributed by atoms with Gasteiger partial charge in [-0.05, 0) is 67.6 Å². The number of hydrogen-bond acceptors (Lipinski definition) is 10. The van der Waals surface area contributed by atoms with Gasteiger partial charge in [0.05, 0.1) is 41.5 Å². The second kappa shape index (κ2) is 13.0. The molecule has 0 bridgehead atoms. The van der Waals surface area contributed by atoms with Gasteiger partial charge in [-0.2, -0.15) is 0 Å². The minimum absolute atomic E-state index is 0.0733. The van der Waals surface area contributed by atoms with Gasteiger partial charge in [-0.1, -0.05) is 11.8 Å². The number of nitro groups is 1. The van der Waals surface area contributed by atoms with E-state index in [-0.39, 0.29) is 39.9 Å². The Morgan fingerprint density at radius 1 is 1.07 bits per heavy atom. The molecule has 1 unspecified atom stereocenters. The van der Waals surface area contributed by atoms with E-state index in [1.165, 1.54) is 67.8 Å². The van der Waals surface area contributed by atoms with E-state index in [0.29, 0.717) is 11.4 Å². The Kier molecular flexibility index (Phi) is 9.17. The highest BCUT2D eigenvalue weighted by Crippen LogP contribution is 2.37. The van der Waals surface area contributed by atoms with Crippen LogP contribution in [0.2, 0.25) is 0 Å². The summed E-state index contributed by atoms with van der Waals surface area (Å²) < 4.78 is 23.4. The fraction of sp³-hybridized carbons (Fsp3) is 0.143. The Bertz CT molecular complexity index is 1610. The molecule has 4 N–H and O–H groups in total. The number of hydrogen-bond donors (Lipinski definition) is 3. The maximum Gasteiger partial charge on any atom is 0.338 e. The normalized spacial score (nSPS) is 15.3. The van der Waals surface area contributed by atoms with E-state index in [0.717, 1.165) is 17.8 Å². The fourth-order valence-corrected chi connectivity index (χ4v) is 4.94. The van der Waals surface area contributed by atoms with Gasteiger partial charge in [-0.15, -0.1) is 0 Å². The summed E-state index contributed by atoms with van der Waals surface area (Å²) >= 11 is 0.854. The third-order valence-corrected chi connectivity index (χ3v) is 7.07. The van der Waals surface area contributed by atoms with Crippen molar-refractivity contribution in [3.63, 3.8) is 0 Å². The van der Waals surface area contributed by atoms with Gasteiger partial charge in [0.25, 0.3) is 11.6 Å². The Balaban J connectivity index is 1.65. The van der Waals surface area contributed by atoms with Crippen LogP contribution in [0.15, 0.2) is 83.0 Å². The average Bonchev–Trinajstić information content (AvgIpc) is 3.30. The molecule has 4 rings (SSSR count). The molecule has 1 atom stereocenters. The topological polar surface area (TPSA) is 175 Å². The zero-order valence-corrected chi connectivity index (χ0v) is 23.1. The van der Waals surface area contributed by atoms with Crippen LogP contribution in [-0.4, -0.2) is 46.7 Å². The number of benzene rings is 3. The lowest BCUT2D eigenvalue weighted by molar-refractivity contribution is -0.384. The number of anilines is 2. The summed E-state index contributed by atoms with van der Waals surface area (Å²) in [5.41, 5.74) is 6.46. The lowest BCUT2D eigenvalue weighted by Gasteiger charge is -2.12. The zero-order chi connectivity index (χ0) is 30.4. The second-order valence-electron chi connectivity index (χ2n) is 8.60. The third-order valence-electron chi connectivity index (χ3n) is 5.85. The minimum atomic E-state index is -1.18. The lowest BCUT2D eigenvalue weighted by atomic mass is 10.1. The van der Waals surface area contributed by atoms with E-state index in [1.54, 1.807) is 6.92 Å². The molecule has 0 aliphatic carbocycles. The van der Waals surface area contributed by atoms with Crippen LogP contribution in [0.1, 0.15) is 17.3 Å². The van der Waals surface area contributed by atoms with Gasteiger partial charge in [0, 0.05) is 11.4 Å². The molecule has 12 nitrogen and oxygen atoms in total. The van der Waals surface area contributed by atoms with E-state index < -0.39 is 39.5 Å². The summed E-state index contributed by atoms with van der Waals surface area (Å²) in [6.45, 7) is 1.89. The Labute approximate surface area is 242 Å². The predicted molar refractivity (Wildman–Crippen MR) is 155 cm³/mol. The monoisotopic (exact) mass is 593 g/mol. The van der Waals surface area contributed by atoms with Crippen molar-refractivity contribution in [2.24, 2.45) is 10.7 Å². The van der Waals surface area contributed by atoms with Crippen LogP contribution in [0.3, 0.4) is 0 Å². The summed E-state index contributed by atoms with van der Waals surface area (Å²) in [7, 11) is 1.35. The Morgan fingerprint density at radius 3 is 2.38 bits per heavy atom. The van der Waals surface area contributed by atoms with Crippen molar-refractivity contribution in [3.8, 4) is 5.75 Å². The Morgan fingerprint density at radius 2 is 1.76 bits per heavy atom. The number of thioether (sulfide) groups is 1. The number of methoxy groups -OCH3 is 1. The highest BCUT2D eigenvalue weighted by molar-refractivity contribution is 8.16. The molecule has 3 aromatic rings. The molecule has 0 spiro atoms. The molecule has 42 heavy (non-hydrogen) atoms. The van der Waals surface area contributed by atoms with Crippen molar-refractivity contribution in [2.45, 2.75) is 12.2 Å². The molecule has 216 valence electrons. The fourth-order valence-electron chi connectivity index (χ4n) is 3.82. The molecule has 1 aliphatic rings. The molecule has 0 saturated carbocycles. The molecular formula is C28H24FN5O7S. The molecule has 14 heteroatoms. The highest BCUT2D eigenvalue weighted by Gasteiger charge is 2.39. The predicted octanol–water partition coefficient (Wildman–Crippen LogP) is 4.55. The van der Waals surface area contributed by atoms with E-state index in [1.807, 2.05) is 0 Å². The van der Waals surface area contributed by atoms with Crippen LogP contribution in [-0.2, 0) is 14.3 Å². The van der Waals surface area contributed by atoms with Crippen LogP contribution in [0.5, 0.6) is 5.75 Å². The van der Waals surface area contributed by atoms with Crippen molar-refractivity contribution in [1.82, 2.24) is 0 Å². The summed E-state index contributed by atoms with van der Waals surface area (Å²) in [5.74, 6) is -2.23. The smallest absolute Gasteiger partial charge is 0.338 e. The first-order valence-electron chi connectivity index (χ1n) is 12.3. The van der Waals surface area contributed by atoms with Gasteiger partial charge in [-0.3, -0.25) is 19.7 Å². The molecule has 3 aromatic carbocycles. The van der Waals surface area contributed by atoms with Crippen molar-refractivity contribution < 1.29 is 33.2 Å². The molecular weight excluding hydrogens is 569 g/mol. The van der Waals surface area contributed by atoms with E-state index in [4.69, 9.17) is 15.2 Å². The van der Waals surface area contributed by atoms with E-state index in [9.17, 15) is 28.9 Å². The highest BCUT2D eigenvalue weighted by atomic mass is 32.2. The first-order valence-corrected chi connectivity index (χ1v) is 13.2. The molecule has 2 amide bonds. The van der Waals surface area contributed by atoms with E-state index >= 15 is 0 Å². The quantitative estimate of drug-likeness (QED) is 0.182. The van der Waals surface area contributed by atoms with Gasteiger partial charge in [0.15, 0.2) is 0 Å². The van der Waals surface area contributed by atoms with Gasteiger partial charge < -0.3 is 25.8 Å².